The Morgan fingerprint density at radius 2 is 1.21 bits per heavy atom. The highest BCUT2D eigenvalue weighted by atomic mass is 32.2. The molecule has 0 aliphatic carbocycles. The first-order chi connectivity index (χ1) is 11.7. The smallest absolute Gasteiger partial charge is 0.193 e. The van der Waals surface area contributed by atoms with Gasteiger partial charge in [-0.25, -0.2) is 0 Å². The second-order valence-corrected chi connectivity index (χ2v) is 6.64. The zero-order valence-corrected chi connectivity index (χ0v) is 14.5. The molecule has 0 aromatic heterocycles. The zero-order valence-electron chi connectivity index (χ0n) is 13.7. The Hall–Kier alpha value is -2.52. The van der Waals surface area contributed by atoms with Crippen LogP contribution in [-0.4, -0.2) is 12.9 Å². The van der Waals surface area contributed by atoms with Gasteiger partial charge in [-0.15, -0.1) is 0 Å². The van der Waals surface area contributed by atoms with Gasteiger partial charge in [0.15, 0.2) is 5.78 Å². The predicted octanol–water partition coefficient (Wildman–Crippen LogP) is 5.39. The van der Waals surface area contributed by atoms with Crippen LogP contribution in [0.15, 0.2) is 82.6 Å². The minimum Gasteiger partial charge on any atom is -0.497 e. The number of ketones is 1. The summed E-state index contributed by atoms with van der Waals surface area (Å²) < 4.78 is 5.12. The molecule has 3 rings (SSSR count). The fraction of sp³-hybridized carbons (Fsp3) is 0.0952. The standard InChI is InChI=1S/C21H18O2S/c1-15-3-11-19(12-4-15)24-20-13-7-17(8-14-20)21(22)16-5-9-18(23-2)10-6-16/h3-14H,1-2H3. The third-order valence-electron chi connectivity index (χ3n) is 3.73. The Morgan fingerprint density at radius 3 is 1.71 bits per heavy atom. The van der Waals surface area contributed by atoms with Crippen LogP contribution in [0.25, 0.3) is 0 Å². The van der Waals surface area contributed by atoms with Gasteiger partial charge in [0.25, 0.3) is 0 Å². The molecule has 0 bridgehead atoms. The number of ether oxygens (including phenoxy) is 1. The lowest BCUT2D eigenvalue weighted by Gasteiger charge is -2.05. The number of carbonyl (C=O) groups excluding carboxylic acids is 1. The summed E-state index contributed by atoms with van der Waals surface area (Å²) in [5, 5.41) is 0. The van der Waals surface area contributed by atoms with E-state index in [2.05, 4.69) is 31.2 Å². The van der Waals surface area contributed by atoms with Gasteiger partial charge in [0.05, 0.1) is 7.11 Å². The van der Waals surface area contributed by atoms with Crippen molar-refractivity contribution >= 4 is 17.5 Å². The van der Waals surface area contributed by atoms with Crippen LogP contribution in [0.2, 0.25) is 0 Å². The zero-order chi connectivity index (χ0) is 16.9. The molecule has 0 aliphatic rings. The number of methoxy groups -OCH3 is 1. The fourth-order valence-corrected chi connectivity index (χ4v) is 3.14. The van der Waals surface area contributed by atoms with E-state index in [4.69, 9.17) is 4.74 Å². The van der Waals surface area contributed by atoms with Crippen molar-refractivity contribution in [2.24, 2.45) is 0 Å². The van der Waals surface area contributed by atoms with Crippen LogP contribution in [0.4, 0.5) is 0 Å². The van der Waals surface area contributed by atoms with Crippen LogP contribution in [0.3, 0.4) is 0 Å². The van der Waals surface area contributed by atoms with Crippen LogP contribution in [0, 0.1) is 6.92 Å². The molecular weight excluding hydrogens is 316 g/mol. The molecule has 0 unspecified atom stereocenters. The maximum Gasteiger partial charge on any atom is 0.193 e. The van der Waals surface area contributed by atoms with Gasteiger partial charge in [0.1, 0.15) is 5.75 Å². The fourth-order valence-electron chi connectivity index (χ4n) is 2.33. The highest BCUT2D eigenvalue weighted by Gasteiger charge is 2.09. The molecule has 0 atom stereocenters. The molecule has 3 aromatic carbocycles. The van der Waals surface area contributed by atoms with Crippen molar-refractivity contribution in [1.82, 2.24) is 0 Å². The SMILES string of the molecule is COc1ccc(C(=O)c2ccc(Sc3ccc(C)cc3)cc2)cc1. The second-order valence-electron chi connectivity index (χ2n) is 5.50. The largest absolute Gasteiger partial charge is 0.497 e. The number of carbonyl (C=O) groups is 1. The average Bonchev–Trinajstić information content (AvgIpc) is 2.64. The van der Waals surface area contributed by atoms with Gasteiger partial charge >= 0.3 is 0 Å². The summed E-state index contributed by atoms with van der Waals surface area (Å²) in [6, 6.07) is 23.3. The van der Waals surface area contributed by atoms with Crippen molar-refractivity contribution in [3.63, 3.8) is 0 Å². The van der Waals surface area contributed by atoms with E-state index in [-0.39, 0.29) is 5.78 Å². The van der Waals surface area contributed by atoms with Gasteiger partial charge in [-0.1, -0.05) is 29.5 Å². The van der Waals surface area contributed by atoms with Crippen molar-refractivity contribution in [3.8, 4) is 5.75 Å². The van der Waals surface area contributed by atoms with E-state index in [0.717, 1.165) is 10.6 Å². The molecular formula is C21H18O2S. The highest BCUT2D eigenvalue weighted by Crippen LogP contribution is 2.28. The normalized spacial score (nSPS) is 10.4. The molecule has 2 nitrogen and oxygen atoms in total. The first kappa shape index (κ1) is 16.3. The molecule has 0 amide bonds. The van der Waals surface area contributed by atoms with E-state index in [1.54, 1.807) is 43.1 Å². The summed E-state index contributed by atoms with van der Waals surface area (Å²) in [7, 11) is 1.61. The second kappa shape index (κ2) is 7.37. The summed E-state index contributed by atoms with van der Waals surface area (Å²) in [5.74, 6) is 0.765. The molecule has 3 heteroatoms. The van der Waals surface area contributed by atoms with Crippen molar-refractivity contribution in [1.29, 1.82) is 0 Å². The minimum absolute atomic E-state index is 0.0181. The van der Waals surface area contributed by atoms with Crippen LogP contribution >= 0.6 is 11.8 Å². The monoisotopic (exact) mass is 334 g/mol. The summed E-state index contributed by atoms with van der Waals surface area (Å²) in [5.41, 5.74) is 2.60. The van der Waals surface area contributed by atoms with Crippen LogP contribution < -0.4 is 4.74 Å². The Labute approximate surface area is 146 Å². The van der Waals surface area contributed by atoms with Gasteiger partial charge in [0.2, 0.25) is 0 Å². The highest BCUT2D eigenvalue weighted by molar-refractivity contribution is 7.99. The Morgan fingerprint density at radius 1 is 0.750 bits per heavy atom. The Bertz CT molecular complexity index is 819. The van der Waals surface area contributed by atoms with Crippen molar-refractivity contribution in [3.05, 3.63) is 89.5 Å². The predicted molar refractivity (Wildman–Crippen MR) is 98.2 cm³/mol. The number of aryl methyl sites for hydroxylation is 1. The van der Waals surface area contributed by atoms with Gasteiger partial charge in [-0.3, -0.25) is 4.79 Å². The van der Waals surface area contributed by atoms with Gasteiger partial charge in [0, 0.05) is 20.9 Å². The topological polar surface area (TPSA) is 26.3 Å². The molecule has 0 heterocycles. The van der Waals surface area contributed by atoms with Crippen LogP contribution in [0.1, 0.15) is 21.5 Å². The number of benzene rings is 3. The molecule has 0 spiro atoms. The van der Waals surface area contributed by atoms with Crippen molar-refractivity contribution in [2.75, 3.05) is 7.11 Å². The minimum atomic E-state index is 0.0181. The summed E-state index contributed by atoms with van der Waals surface area (Å²) in [6.45, 7) is 2.08. The van der Waals surface area contributed by atoms with Crippen molar-refractivity contribution < 1.29 is 9.53 Å². The van der Waals surface area contributed by atoms with Crippen LogP contribution in [-0.2, 0) is 0 Å². The Kier molecular flexibility index (Phi) is 5.02. The molecule has 3 aromatic rings. The summed E-state index contributed by atoms with van der Waals surface area (Å²) >= 11 is 1.69. The lowest BCUT2D eigenvalue weighted by atomic mass is 10.0. The van der Waals surface area contributed by atoms with E-state index in [0.29, 0.717) is 11.1 Å². The first-order valence-electron chi connectivity index (χ1n) is 7.69. The number of hydrogen-bond acceptors (Lipinski definition) is 3. The lowest BCUT2D eigenvalue weighted by molar-refractivity contribution is 0.103. The van der Waals surface area contributed by atoms with Gasteiger partial charge < -0.3 is 4.74 Å². The quantitative estimate of drug-likeness (QED) is 0.586. The molecule has 24 heavy (non-hydrogen) atoms. The molecule has 0 radical (unpaired) electrons. The van der Waals surface area contributed by atoms with E-state index < -0.39 is 0 Å². The third kappa shape index (κ3) is 3.87. The number of hydrogen-bond donors (Lipinski definition) is 0. The number of rotatable bonds is 5. The molecule has 0 fully saturated rings. The van der Waals surface area contributed by atoms with Crippen molar-refractivity contribution in [2.45, 2.75) is 16.7 Å². The van der Waals surface area contributed by atoms with E-state index in [1.165, 1.54) is 10.5 Å². The lowest BCUT2D eigenvalue weighted by Crippen LogP contribution is -2.00. The maximum absolute atomic E-state index is 12.5. The van der Waals surface area contributed by atoms with E-state index in [1.807, 2.05) is 24.3 Å². The van der Waals surface area contributed by atoms with Gasteiger partial charge in [-0.05, 0) is 67.6 Å². The van der Waals surface area contributed by atoms with E-state index in [9.17, 15) is 4.79 Å². The Balaban J connectivity index is 1.73. The third-order valence-corrected chi connectivity index (χ3v) is 4.74. The summed E-state index contributed by atoms with van der Waals surface area (Å²) in [4.78, 5) is 14.8. The average molecular weight is 334 g/mol. The maximum atomic E-state index is 12.5. The molecule has 0 aliphatic heterocycles. The van der Waals surface area contributed by atoms with Gasteiger partial charge in [-0.2, -0.15) is 0 Å². The van der Waals surface area contributed by atoms with Crippen LogP contribution in [0.5, 0.6) is 5.75 Å². The van der Waals surface area contributed by atoms with E-state index >= 15 is 0 Å². The molecule has 0 saturated heterocycles. The first-order valence-corrected chi connectivity index (χ1v) is 8.51. The molecule has 120 valence electrons. The molecule has 0 N–H and O–H groups in total. The molecule has 0 saturated carbocycles. The summed E-state index contributed by atoms with van der Waals surface area (Å²) in [6.07, 6.45) is 0.